The van der Waals surface area contributed by atoms with Gasteiger partial charge in [0.2, 0.25) is 0 Å². The molecule has 0 spiro atoms. The average molecular weight is 231 g/mol. The SMILES string of the molecule is CCCc1cc(=O)c2cccc(OCC)c2[nH]1. The molecule has 0 atom stereocenters. The molecule has 1 aromatic heterocycles. The van der Waals surface area contributed by atoms with E-state index in [1.165, 1.54) is 0 Å². The average Bonchev–Trinajstić information content (AvgIpc) is 2.31. The first kappa shape index (κ1) is 11.7. The van der Waals surface area contributed by atoms with Crippen LogP contribution in [-0.2, 0) is 6.42 Å². The van der Waals surface area contributed by atoms with Gasteiger partial charge >= 0.3 is 0 Å². The number of fused-ring (bicyclic) bond motifs is 1. The van der Waals surface area contributed by atoms with E-state index in [0.717, 1.165) is 29.8 Å². The maximum Gasteiger partial charge on any atom is 0.189 e. The normalized spacial score (nSPS) is 10.7. The minimum Gasteiger partial charge on any atom is -0.492 e. The topological polar surface area (TPSA) is 42.1 Å². The van der Waals surface area contributed by atoms with Gasteiger partial charge in [-0.05, 0) is 25.5 Å². The molecule has 1 heterocycles. The van der Waals surface area contributed by atoms with Gasteiger partial charge in [-0.2, -0.15) is 0 Å². The molecule has 1 aromatic carbocycles. The molecule has 0 fully saturated rings. The summed E-state index contributed by atoms with van der Waals surface area (Å²) in [6, 6.07) is 7.24. The molecule has 0 aliphatic heterocycles. The predicted molar refractivity (Wildman–Crippen MR) is 69.7 cm³/mol. The van der Waals surface area contributed by atoms with Gasteiger partial charge < -0.3 is 9.72 Å². The zero-order valence-corrected chi connectivity index (χ0v) is 10.2. The van der Waals surface area contributed by atoms with Gasteiger partial charge in [-0.3, -0.25) is 4.79 Å². The molecule has 0 radical (unpaired) electrons. The lowest BCUT2D eigenvalue weighted by molar-refractivity contribution is 0.343. The number of hydrogen-bond donors (Lipinski definition) is 1. The summed E-state index contributed by atoms with van der Waals surface area (Å²) in [6.45, 7) is 4.63. The molecular weight excluding hydrogens is 214 g/mol. The number of ether oxygens (including phenoxy) is 1. The summed E-state index contributed by atoms with van der Waals surface area (Å²) in [4.78, 5) is 15.3. The van der Waals surface area contributed by atoms with E-state index >= 15 is 0 Å². The van der Waals surface area contributed by atoms with Crippen LogP contribution in [0.4, 0.5) is 0 Å². The quantitative estimate of drug-likeness (QED) is 0.879. The van der Waals surface area contributed by atoms with Crippen LogP contribution in [0.15, 0.2) is 29.1 Å². The first-order chi connectivity index (χ1) is 8.26. The van der Waals surface area contributed by atoms with E-state index in [1.54, 1.807) is 6.07 Å². The molecule has 2 rings (SSSR count). The van der Waals surface area contributed by atoms with Crippen molar-refractivity contribution in [3.63, 3.8) is 0 Å². The van der Waals surface area contributed by atoms with Crippen molar-refractivity contribution in [1.82, 2.24) is 4.98 Å². The number of para-hydroxylation sites is 1. The van der Waals surface area contributed by atoms with Gasteiger partial charge in [-0.15, -0.1) is 0 Å². The summed E-state index contributed by atoms with van der Waals surface area (Å²) in [6.07, 6.45) is 1.89. The summed E-state index contributed by atoms with van der Waals surface area (Å²) in [5.41, 5.74) is 1.84. The lowest BCUT2D eigenvalue weighted by Crippen LogP contribution is -2.06. The standard InChI is InChI=1S/C14H17NO2/c1-3-6-10-9-12(16)11-7-5-8-13(17-4-2)14(11)15-10/h5,7-9H,3-4,6H2,1-2H3,(H,15,16). The molecule has 90 valence electrons. The molecule has 1 N–H and O–H groups in total. The number of H-pyrrole nitrogens is 1. The van der Waals surface area contributed by atoms with Crippen LogP contribution >= 0.6 is 0 Å². The van der Waals surface area contributed by atoms with Crippen molar-refractivity contribution in [3.05, 3.63) is 40.2 Å². The first-order valence-corrected chi connectivity index (χ1v) is 6.04. The van der Waals surface area contributed by atoms with Crippen molar-refractivity contribution in [1.29, 1.82) is 0 Å². The maximum atomic E-state index is 12.0. The van der Waals surface area contributed by atoms with Crippen molar-refractivity contribution in [2.75, 3.05) is 6.61 Å². The molecule has 0 bridgehead atoms. The summed E-state index contributed by atoms with van der Waals surface area (Å²) >= 11 is 0. The Morgan fingerprint density at radius 2 is 2.12 bits per heavy atom. The number of hydrogen-bond acceptors (Lipinski definition) is 2. The van der Waals surface area contributed by atoms with Gasteiger partial charge in [0.25, 0.3) is 0 Å². The van der Waals surface area contributed by atoms with E-state index in [-0.39, 0.29) is 5.43 Å². The van der Waals surface area contributed by atoms with Crippen molar-refractivity contribution in [2.24, 2.45) is 0 Å². The second-order valence-electron chi connectivity index (χ2n) is 4.02. The van der Waals surface area contributed by atoms with Crippen LogP contribution in [-0.4, -0.2) is 11.6 Å². The van der Waals surface area contributed by atoms with Crippen LogP contribution in [0.5, 0.6) is 5.75 Å². The summed E-state index contributed by atoms with van der Waals surface area (Å²) < 4.78 is 5.54. The van der Waals surface area contributed by atoms with E-state index in [4.69, 9.17) is 4.74 Å². The highest BCUT2D eigenvalue weighted by Crippen LogP contribution is 2.21. The second-order valence-corrected chi connectivity index (χ2v) is 4.02. The van der Waals surface area contributed by atoms with Gasteiger partial charge in [0, 0.05) is 17.1 Å². The fraction of sp³-hybridized carbons (Fsp3) is 0.357. The fourth-order valence-corrected chi connectivity index (χ4v) is 1.98. The Balaban J connectivity index is 2.65. The van der Waals surface area contributed by atoms with Crippen molar-refractivity contribution < 1.29 is 4.74 Å². The minimum atomic E-state index is 0.0590. The van der Waals surface area contributed by atoms with Gasteiger partial charge in [-0.25, -0.2) is 0 Å². The highest BCUT2D eigenvalue weighted by atomic mass is 16.5. The monoisotopic (exact) mass is 231 g/mol. The van der Waals surface area contributed by atoms with Crippen molar-refractivity contribution in [3.8, 4) is 5.75 Å². The summed E-state index contributed by atoms with van der Waals surface area (Å²) in [5, 5.41) is 0.691. The Morgan fingerprint density at radius 1 is 1.29 bits per heavy atom. The molecule has 0 unspecified atom stereocenters. The molecule has 0 aliphatic carbocycles. The third-order valence-electron chi connectivity index (χ3n) is 2.70. The number of benzene rings is 1. The van der Waals surface area contributed by atoms with Gasteiger partial charge in [0.1, 0.15) is 5.75 Å². The van der Waals surface area contributed by atoms with Crippen LogP contribution in [0.1, 0.15) is 26.0 Å². The Morgan fingerprint density at radius 3 is 2.82 bits per heavy atom. The lowest BCUT2D eigenvalue weighted by Gasteiger charge is -2.08. The predicted octanol–water partition coefficient (Wildman–Crippen LogP) is 2.88. The third kappa shape index (κ3) is 2.33. The van der Waals surface area contributed by atoms with E-state index < -0.39 is 0 Å². The highest BCUT2D eigenvalue weighted by molar-refractivity contribution is 5.84. The number of aryl methyl sites for hydroxylation is 1. The number of aromatic amines is 1. The molecular formula is C14H17NO2. The number of rotatable bonds is 4. The Kier molecular flexibility index (Phi) is 3.47. The largest absolute Gasteiger partial charge is 0.492 e. The molecule has 3 nitrogen and oxygen atoms in total. The second kappa shape index (κ2) is 5.04. The fourth-order valence-electron chi connectivity index (χ4n) is 1.98. The molecule has 0 saturated heterocycles. The summed E-state index contributed by atoms with van der Waals surface area (Å²) in [5.74, 6) is 0.750. The van der Waals surface area contributed by atoms with E-state index in [1.807, 2.05) is 25.1 Å². The van der Waals surface area contributed by atoms with E-state index in [2.05, 4.69) is 11.9 Å². The first-order valence-electron chi connectivity index (χ1n) is 6.04. The van der Waals surface area contributed by atoms with Crippen LogP contribution in [0.25, 0.3) is 10.9 Å². The molecule has 2 aromatic rings. The van der Waals surface area contributed by atoms with Crippen LogP contribution in [0.3, 0.4) is 0 Å². The third-order valence-corrected chi connectivity index (χ3v) is 2.70. The summed E-state index contributed by atoms with van der Waals surface area (Å²) in [7, 11) is 0. The molecule has 0 amide bonds. The maximum absolute atomic E-state index is 12.0. The molecule has 3 heteroatoms. The molecule has 0 aliphatic rings. The van der Waals surface area contributed by atoms with Crippen LogP contribution in [0.2, 0.25) is 0 Å². The smallest absolute Gasteiger partial charge is 0.189 e. The Bertz CT molecular complexity index is 572. The number of nitrogens with one attached hydrogen (secondary N) is 1. The number of pyridine rings is 1. The van der Waals surface area contributed by atoms with Gasteiger partial charge in [-0.1, -0.05) is 19.4 Å². The minimum absolute atomic E-state index is 0.0590. The Labute approximate surface area is 100 Å². The van der Waals surface area contributed by atoms with Gasteiger partial charge in [0.05, 0.1) is 12.1 Å². The zero-order chi connectivity index (χ0) is 12.3. The highest BCUT2D eigenvalue weighted by Gasteiger charge is 2.06. The van der Waals surface area contributed by atoms with Gasteiger partial charge in [0.15, 0.2) is 5.43 Å². The number of aromatic nitrogens is 1. The van der Waals surface area contributed by atoms with Crippen molar-refractivity contribution >= 4 is 10.9 Å². The Hall–Kier alpha value is -1.77. The molecule has 17 heavy (non-hydrogen) atoms. The van der Waals surface area contributed by atoms with Crippen molar-refractivity contribution in [2.45, 2.75) is 26.7 Å². The van der Waals surface area contributed by atoms with E-state index in [0.29, 0.717) is 12.0 Å². The molecule has 0 saturated carbocycles. The zero-order valence-electron chi connectivity index (χ0n) is 10.2. The van der Waals surface area contributed by atoms with Crippen LogP contribution in [0, 0.1) is 0 Å². The lowest BCUT2D eigenvalue weighted by atomic mass is 10.1. The van der Waals surface area contributed by atoms with Crippen LogP contribution < -0.4 is 10.2 Å². The van der Waals surface area contributed by atoms with E-state index in [9.17, 15) is 4.79 Å².